The molecule has 0 amide bonds. The van der Waals surface area contributed by atoms with Crippen molar-refractivity contribution in [2.45, 2.75) is 12.6 Å². The maximum atomic E-state index is 14.4. The van der Waals surface area contributed by atoms with E-state index in [2.05, 4.69) is 31.9 Å². The zero-order valence-corrected chi connectivity index (χ0v) is 20.5. The van der Waals surface area contributed by atoms with Crippen LogP contribution in [0.3, 0.4) is 0 Å². The second-order valence-electron chi connectivity index (χ2n) is 8.42. The van der Waals surface area contributed by atoms with Gasteiger partial charge in [-0.15, -0.1) is 16.4 Å². The van der Waals surface area contributed by atoms with Gasteiger partial charge in [-0.1, -0.05) is 18.2 Å². The highest BCUT2D eigenvalue weighted by Crippen LogP contribution is 2.31. The van der Waals surface area contributed by atoms with E-state index in [9.17, 15) is 4.39 Å². The van der Waals surface area contributed by atoms with E-state index >= 15 is 0 Å². The maximum Gasteiger partial charge on any atom is 0.214 e. The molecule has 0 spiro atoms. The number of ether oxygens (including phenoxy) is 2. The van der Waals surface area contributed by atoms with Crippen LogP contribution in [0.1, 0.15) is 22.3 Å². The number of anilines is 1. The maximum absolute atomic E-state index is 14.4. The van der Waals surface area contributed by atoms with Crippen LogP contribution in [-0.4, -0.2) is 60.6 Å². The molecule has 1 fully saturated rings. The highest BCUT2D eigenvalue weighted by Gasteiger charge is 2.35. The summed E-state index contributed by atoms with van der Waals surface area (Å²) in [5.41, 5.74) is 1.69. The Balaban J connectivity index is 1.47. The number of para-hydroxylation sites is 1. The molecule has 35 heavy (non-hydrogen) atoms. The van der Waals surface area contributed by atoms with Crippen LogP contribution in [0.2, 0.25) is 0 Å². The highest BCUT2D eigenvalue weighted by molar-refractivity contribution is 7.09. The smallest absolute Gasteiger partial charge is 0.214 e. The quantitative estimate of drug-likeness (QED) is 0.405. The van der Waals surface area contributed by atoms with E-state index in [0.29, 0.717) is 23.7 Å². The van der Waals surface area contributed by atoms with Gasteiger partial charge in [-0.25, -0.2) is 9.07 Å². The minimum absolute atomic E-state index is 0.118. The van der Waals surface area contributed by atoms with Gasteiger partial charge in [0, 0.05) is 10.4 Å². The van der Waals surface area contributed by atoms with Gasteiger partial charge in [0.25, 0.3) is 0 Å². The van der Waals surface area contributed by atoms with Crippen molar-refractivity contribution in [1.82, 2.24) is 20.2 Å². The molecular weight excluding hydrogens is 467 g/mol. The van der Waals surface area contributed by atoms with Crippen LogP contribution in [-0.2, 0) is 6.54 Å². The zero-order chi connectivity index (χ0) is 24.2. The van der Waals surface area contributed by atoms with Crippen molar-refractivity contribution in [3.63, 3.8) is 0 Å². The third-order valence-electron chi connectivity index (χ3n) is 6.45. The van der Waals surface area contributed by atoms with Crippen molar-refractivity contribution in [3.8, 4) is 11.5 Å². The Kier molecular flexibility index (Phi) is 6.91. The molecule has 1 saturated heterocycles. The van der Waals surface area contributed by atoms with Crippen molar-refractivity contribution in [2.75, 3.05) is 45.3 Å². The molecule has 3 heterocycles. The molecule has 0 unspecified atom stereocenters. The fourth-order valence-electron chi connectivity index (χ4n) is 4.71. The van der Waals surface area contributed by atoms with Crippen LogP contribution in [0.15, 0.2) is 60.0 Å². The van der Waals surface area contributed by atoms with E-state index in [0.717, 1.165) is 37.6 Å². The number of rotatable bonds is 8. The number of methoxy groups -OCH3 is 2. The first-order chi connectivity index (χ1) is 17.2. The van der Waals surface area contributed by atoms with Crippen LogP contribution in [0.25, 0.3) is 0 Å². The van der Waals surface area contributed by atoms with Crippen molar-refractivity contribution in [3.05, 3.63) is 82.1 Å². The van der Waals surface area contributed by atoms with E-state index in [1.54, 1.807) is 31.6 Å². The monoisotopic (exact) mass is 495 g/mol. The van der Waals surface area contributed by atoms with Crippen LogP contribution < -0.4 is 19.3 Å². The molecule has 4 aromatic rings. The van der Waals surface area contributed by atoms with E-state index in [-0.39, 0.29) is 11.9 Å². The molecule has 1 aliphatic heterocycles. The topological polar surface area (TPSA) is 69.7 Å². The van der Waals surface area contributed by atoms with Gasteiger partial charge in [-0.2, -0.15) is 0 Å². The van der Waals surface area contributed by atoms with E-state index in [1.807, 2.05) is 41.1 Å². The minimum Gasteiger partial charge on any atom is -0.493 e. The molecule has 1 N–H and O–H groups in total. The third-order valence-corrected chi connectivity index (χ3v) is 7.31. The van der Waals surface area contributed by atoms with Crippen LogP contribution in [0.4, 0.5) is 10.1 Å². The third kappa shape index (κ3) is 4.85. The molecule has 8 nitrogen and oxygen atoms in total. The fraction of sp³-hybridized carbons (Fsp3) is 0.320. The number of benzene rings is 2. The summed E-state index contributed by atoms with van der Waals surface area (Å²) in [5.74, 6) is 1.94. The van der Waals surface area contributed by atoms with Crippen LogP contribution >= 0.6 is 11.3 Å². The zero-order valence-electron chi connectivity index (χ0n) is 19.7. The molecule has 0 bridgehead atoms. The number of nitrogens with one attached hydrogen (secondary N) is 1. The van der Waals surface area contributed by atoms with Crippen molar-refractivity contribution >= 4 is 17.0 Å². The first-order valence-electron chi connectivity index (χ1n) is 11.5. The van der Waals surface area contributed by atoms with Gasteiger partial charge in [-0.3, -0.25) is 0 Å². The summed E-state index contributed by atoms with van der Waals surface area (Å²) >= 11 is 1.68. The van der Waals surface area contributed by atoms with Crippen LogP contribution in [0.5, 0.6) is 11.5 Å². The summed E-state index contributed by atoms with van der Waals surface area (Å²) in [7, 11) is 3.27. The van der Waals surface area contributed by atoms with Gasteiger partial charge in [0.15, 0.2) is 17.5 Å². The number of nitrogens with zero attached hydrogens (tertiary/aromatic N) is 5. The average molecular weight is 496 g/mol. The number of tetrazole rings is 1. The van der Waals surface area contributed by atoms with Crippen molar-refractivity contribution < 1.29 is 18.8 Å². The Hall–Kier alpha value is -3.50. The first-order valence-corrected chi connectivity index (χ1v) is 12.4. The van der Waals surface area contributed by atoms with E-state index in [4.69, 9.17) is 9.47 Å². The van der Waals surface area contributed by atoms with Gasteiger partial charge in [-0.05, 0) is 52.2 Å². The number of quaternary nitrogens is 1. The SMILES string of the molecule is COc1ccc([C@H](c2nnnn2Cc2cccs2)[NH+]2CCN(c3ccccc3F)CC2)cc1OC. The minimum atomic E-state index is -0.188. The molecule has 182 valence electrons. The van der Waals surface area contributed by atoms with Crippen LogP contribution in [0, 0.1) is 5.82 Å². The summed E-state index contributed by atoms with van der Waals surface area (Å²) < 4.78 is 27.3. The second kappa shape index (κ2) is 10.4. The highest BCUT2D eigenvalue weighted by atomic mass is 32.1. The molecule has 1 atom stereocenters. The summed E-state index contributed by atoms with van der Waals surface area (Å²) in [6.45, 7) is 3.68. The second-order valence-corrected chi connectivity index (χ2v) is 9.45. The Morgan fingerprint density at radius 2 is 1.83 bits per heavy atom. The molecule has 0 aliphatic carbocycles. The summed E-state index contributed by atoms with van der Waals surface area (Å²) in [4.78, 5) is 4.61. The van der Waals surface area contributed by atoms with E-state index in [1.165, 1.54) is 15.8 Å². The Morgan fingerprint density at radius 3 is 2.54 bits per heavy atom. The van der Waals surface area contributed by atoms with Gasteiger partial charge in [0.2, 0.25) is 5.82 Å². The van der Waals surface area contributed by atoms with Crippen molar-refractivity contribution in [2.24, 2.45) is 0 Å². The predicted molar refractivity (Wildman–Crippen MR) is 132 cm³/mol. The number of hydrogen-bond donors (Lipinski definition) is 1. The molecule has 10 heteroatoms. The lowest BCUT2D eigenvalue weighted by atomic mass is 10.0. The number of thiophene rings is 1. The van der Waals surface area contributed by atoms with Gasteiger partial charge >= 0.3 is 0 Å². The van der Waals surface area contributed by atoms with Crippen molar-refractivity contribution in [1.29, 1.82) is 0 Å². The summed E-state index contributed by atoms with van der Waals surface area (Å²) in [6, 6.07) is 16.9. The van der Waals surface area contributed by atoms with Gasteiger partial charge in [0.1, 0.15) is 5.82 Å². The number of aromatic nitrogens is 4. The molecule has 0 radical (unpaired) electrons. The Bertz CT molecular complexity index is 1260. The van der Waals surface area contributed by atoms with Gasteiger partial charge in [0.05, 0.1) is 52.6 Å². The first kappa shape index (κ1) is 23.3. The van der Waals surface area contributed by atoms with Gasteiger partial charge < -0.3 is 19.3 Å². The fourth-order valence-corrected chi connectivity index (χ4v) is 5.40. The largest absolute Gasteiger partial charge is 0.493 e. The lowest BCUT2D eigenvalue weighted by Gasteiger charge is -2.37. The normalized spacial score (nSPS) is 15.2. The predicted octanol–water partition coefficient (Wildman–Crippen LogP) is 2.43. The Labute approximate surface area is 207 Å². The lowest BCUT2D eigenvalue weighted by Crippen LogP contribution is -3.15. The average Bonchev–Trinajstić information content (AvgIpc) is 3.58. The lowest BCUT2D eigenvalue weighted by molar-refractivity contribution is -0.927. The Morgan fingerprint density at radius 1 is 1.03 bits per heavy atom. The standard InChI is InChI=1S/C25H27FN6O2S/c1-33-22-10-9-18(16-23(22)34-2)24(25-27-28-29-32(25)17-19-6-5-15-35-19)31-13-11-30(12-14-31)21-8-4-3-7-20(21)26/h3-10,15-16,24H,11-14,17H2,1-2H3/p+1/t24-/m1/s1. The molecule has 1 aliphatic rings. The molecular formula is C25H28FN6O2S+. The molecule has 2 aromatic heterocycles. The summed E-state index contributed by atoms with van der Waals surface area (Å²) in [5, 5.41) is 14.9. The molecule has 5 rings (SSSR count). The molecule has 2 aromatic carbocycles. The summed E-state index contributed by atoms with van der Waals surface area (Å²) in [6.07, 6.45) is 0. The number of piperazine rings is 1. The number of hydrogen-bond acceptors (Lipinski definition) is 7. The molecule has 0 saturated carbocycles. The van der Waals surface area contributed by atoms with E-state index < -0.39 is 0 Å². The number of halogens is 1.